The van der Waals surface area contributed by atoms with E-state index in [0.29, 0.717) is 0 Å². The third-order valence-corrected chi connectivity index (χ3v) is 2.02. The second-order valence-electron chi connectivity index (χ2n) is 2.71. The van der Waals surface area contributed by atoms with Gasteiger partial charge >= 0.3 is 0 Å². The highest BCUT2D eigenvalue weighted by Gasteiger charge is 2.01. The van der Waals surface area contributed by atoms with Gasteiger partial charge in [0.15, 0.2) is 0 Å². The van der Waals surface area contributed by atoms with Crippen LogP contribution in [0.2, 0.25) is 0 Å². The number of nitrogens with one attached hydrogen (secondary N) is 1. The fraction of sp³-hybridized carbons (Fsp3) is 0.444. The van der Waals surface area contributed by atoms with Gasteiger partial charge in [-0.25, -0.2) is 10.5 Å². The maximum absolute atomic E-state index is 4.39. The van der Waals surface area contributed by atoms with Gasteiger partial charge in [0, 0.05) is 18.4 Å². The molecule has 0 aromatic carbocycles. The van der Waals surface area contributed by atoms with E-state index in [1.165, 1.54) is 0 Å². The van der Waals surface area contributed by atoms with E-state index in [4.69, 9.17) is 0 Å². The Bertz CT molecular complexity index is 252. The summed E-state index contributed by atoms with van der Waals surface area (Å²) < 4.78 is 0. The molecule has 1 aliphatic rings. The van der Waals surface area contributed by atoms with Crippen molar-refractivity contribution in [3.63, 3.8) is 0 Å². The van der Waals surface area contributed by atoms with Crippen LogP contribution in [0.25, 0.3) is 0 Å². The zero-order chi connectivity index (χ0) is 9.68. The lowest BCUT2D eigenvalue weighted by molar-refractivity contribution is 0.231. The first-order valence-electron chi connectivity index (χ1n) is 4.36. The van der Waals surface area contributed by atoms with E-state index in [1.807, 2.05) is 26.1 Å². The largest absolute Gasteiger partial charge is 0.230 e. The molecule has 0 radical (unpaired) electrons. The van der Waals surface area contributed by atoms with Crippen LogP contribution in [0.5, 0.6) is 0 Å². The van der Waals surface area contributed by atoms with Crippen LogP contribution in [0.1, 0.15) is 13.3 Å². The van der Waals surface area contributed by atoms with Crippen molar-refractivity contribution in [3.8, 4) is 0 Å². The van der Waals surface area contributed by atoms with Crippen molar-refractivity contribution in [2.45, 2.75) is 13.3 Å². The third-order valence-electron chi connectivity index (χ3n) is 1.74. The van der Waals surface area contributed by atoms with Gasteiger partial charge in [0.2, 0.25) is 0 Å². The molecule has 4 heteroatoms. The van der Waals surface area contributed by atoms with E-state index in [1.54, 1.807) is 5.12 Å². The minimum atomic E-state index is 0.847. The van der Waals surface area contributed by atoms with Crippen molar-refractivity contribution >= 4 is 18.3 Å². The maximum Gasteiger partial charge on any atom is 0.0669 e. The molecule has 1 N–H and O–H groups in total. The molecule has 0 saturated heterocycles. The minimum Gasteiger partial charge on any atom is -0.230 e. The number of hydrazine groups is 1. The van der Waals surface area contributed by atoms with Crippen molar-refractivity contribution in [1.82, 2.24) is 10.5 Å². The molecule has 0 aromatic rings. The number of rotatable bonds is 3. The van der Waals surface area contributed by atoms with Gasteiger partial charge in [-0.2, -0.15) is 5.10 Å². The summed E-state index contributed by atoms with van der Waals surface area (Å²) in [4.78, 5) is 0.956. The molecule has 0 aromatic heterocycles. The number of hydrogen-bond donors (Lipinski definition) is 2. The van der Waals surface area contributed by atoms with Crippen molar-refractivity contribution in [2.24, 2.45) is 5.10 Å². The summed E-state index contributed by atoms with van der Waals surface area (Å²) in [5, 5.41) is 6.18. The standard InChI is InChI=1S/C9H15N3S/c1-3-12(10-2)11-8-5-4-6-9(13)7-8/h4,6-7,10,13H,3,5H2,1-2H3/b11-8+. The normalized spacial score (nSPS) is 19.0. The smallest absolute Gasteiger partial charge is 0.0669 e. The molecule has 0 bridgehead atoms. The first kappa shape index (κ1) is 10.3. The molecule has 0 saturated carbocycles. The summed E-state index contributed by atoms with van der Waals surface area (Å²) in [5.41, 5.74) is 4.01. The number of hydrogen-bond acceptors (Lipinski definition) is 4. The summed E-state index contributed by atoms with van der Waals surface area (Å²) in [6.07, 6.45) is 6.90. The van der Waals surface area contributed by atoms with Crippen molar-refractivity contribution in [3.05, 3.63) is 23.1 Å². The maximum atomic E-state index is 4.39. The fourth-order valence-corrected chi connectivity index (χ4v) is 1.34. The Balaban J connectivity index is 2.66. The van der Waals surface area contributed by atoms with E-state index >= 15 is 0 Å². The zero-order valence-corrected chi connectivity index (χ0v) is 8.88. The molecular weight excluding hydrogens is 182 g/mol. The monoisotopic (exact) mass is 197 g/mol. The second kappa shape index (κ2) is 5.09. The van der Waals surface area contributed by atoms with Gasteiger partial charge in [0.05, 0.1) is 12.3 Å². The van der Waals surface area contributed by atoms with Crippen molar-refractivity contribution in [2.75, 3.05) is 13.6 Å². The molecule has 1 rings (SSSR count). The lowest BCUT2D eigenvalue weighted by Crippen LogP contribution is -2.30. The van der Waals surface area contributed by atoms with E-state index < -0.39 is 0 Å². The Hall–Kier alpha value is -0.740. The Morgan fingerprint density at radius 2 is 2.46 bits per heavy atom. The molecule has 0 aliphatic heterocycles. The minimum absolute atomic E-state index is 0.847. The Labute approximate surface area is 84.6 Å². The van der Waals surface area contributed by atoms with E-state index in [-0.39, 0.29) is 0 Å². The number of nitrogens with zero attached hydrogens (tertiary/aromatic N) is 2. The van der Waals surface area contributed by atoms with E-state index in [9.17, 15) is 0 Å². The first-order chi connectivity index (χ1) is 6.26. The van der Waals surface area contributed by atoms with Crippen LogP contribution in [0.3, 0.4) is 0 Å². The van der Waals surface area contributed by atoms with Gasteiger partial charge in [0.25, 0.3) is 0 Å². The summed E-state index contributed by atoms with van der Waals surface area (Å²) in [6.45, 7) is 2.89. The highest BCUT2D eigenvalue weighted by molar-refractivity contribution is 7.84. The Morgan fingerprint density at radius 3 is 3.00 bits per heavy atom. The molecule has 0 amide bonds. The van der Waals surface area contributed by atoms with Crippen LogP contribution in [0.15, 0.2) is 28.2 Å². The topological polar surface area (TPSA) is 27.6 Å². The van der Waals surface area contributed by atoms with Crippen LogP contribution >= 0.6 is 12.6 Å². The molecule has 0 spiro atoms. The molecule has 3 nitrogen and oxygen atoms in total. The predicted molar refractivity (Wildman–Crippen MR) is 59.7 cm³/mol. The quantitative estimate of drug-likeness (QED) is 0.531. The van der Waals surface area contributed by atoms with Crippen molar-refractivity contribution < 1.29 is 0 Å². The van der Waals surface area contributed by atoms with Crippen molar-refractivity contribution in [1.29, 1.82) is 0 Å². The van der Waals surface area contributed by atoms with E-state index in [0.717, 1.165) is 23.6 Å². The van der Waals surface area contributed by atoms with Gasteiger partial charge in [-0.15, -0.1) is 12.6 Å². The highest BCUT2D eigenvalue weighted by atomic mass is 32.1. The molecule has 1 aliphatic carbocycles. The average molecular weight is 197 g/mol. The fourth-order valence-electron chi connectivity index (χ4n) is 1.08. The molecule has 0 unspecified atom stereocenters. The molecule has 0 fully saturated rings. The molecule has 72 valence electrons. The third kappa shape index (κ3) is 3.24. The second-order valence-corrected chi connectivity index (χ2v) is 3.22. The van der Waals surface area contributed by atoms with Gasteiger partial charge in [-0.1, -0.05) is 12.2 Å². The van der Waals surface area contributed by atoms with Crippen LogP contribution in [0.4, 0.5) is 0 Å². The molecule has 0 atom stereocenters. The summed E-state index contributed by atoms with van der Waals surface area (Å²) >= 11 is 4.26. The van der Waals surface area contributed by atoms with Gasteiger partial charge < -0.3 is 0 Å². The first-order valence-corrected chi connectivity index (χ1v) is 4.80. The Kier molecular flexibility index (Phi) is 4.05. The van der Waals surface area contributed by atoms with Gasteiger partial charge in [0.1, 0.15) is 0 Å². The van der Waals surface area contributed by atoms with Gasteiger partial charge in [-0.05, 0) is 13.0 Å². The summed E-state index contributed by atoms with van der Waals surface area (Å²) in [5.74, 6) is 0. The number of thiol groups is 1. The lowest BCUT2D eigenvalue weighted by atomic mass is 10.1. The SMILES string of the molecule is CCN(/N=C1/C=C(S)C=CC1)NC. The predicted octanol–water partition coefficient (Wildman–Crippen LogP) is 1.57. The summed E-state index contributed by atoms with van der Waals surface area (Å²) in [6, 6.07) is 0. The van der Waals surface area contributed by atoms with Crippen LogP contribution in [-0.2, 0) is 0 Å². The van der Waals surface area contributed by atoms with Crippen LogP contribution in [-0.4, -0.2) is 24.4 Å². The molecular formula is C9H15N3S. The lowest BCUT2D eigenvalue weighted by Gasteiger charge is -2.16. The summed E-state index contributed by atoms with van der Waals surface area (Å²) in [7, 11) is 1.86. The Morgan fingerprint density at radius 1 is 1.69 bits per heavy atom. The number of allylic oxidation sites excluding steroid dienone is 3. The van der Waals surface area contributed by atoms with Crippen LogP contribution in [0, 0.1) is 0 Å². The molecule has 13 heavy (non-hydrogen) atoms. The van der Waals surface area contributed by atoms with Crippen LogP contribution < -0.4 is 5.43 Å². The average Bonchev–Trinajstić information content (AvgIpc) is 2.14. The molecule has 0 heterocycles. The zero-order valence-electron chi connectivity index (χ0n) is 7.99. The van der Waals surface area contributed by atoms with E-state index in [2.05, 4.69) is 29.2 Å². The number of hydrazone groups is 1. The highest BCUT2D eigenvalue weighted by Crippen LogP contribution is 2.11. The van der Waals surface area contributed by atoms with Gasteiger partial charge in [-0.3, -0.25) is 0 Å².